The molecule has 22 heavy (non-hydrogen) atoms. The third-order valence-electron chi connectivity index (χ3n) is 3.21. The van der Waals surface area contributed by atoms with E-state index in [0.717, 1.165) is 4.90 Å². The van der Waals surface area contributed by atoms with Gasteiger partial charge in [0.1, 0.15) is 10.8 Å². The monoisotopic (exact) mass is 319 g/mol. The van der Waals surface area contributed by atoms with Crippen molar-refractivity contribution in [2.24, 2.45) is 0 Å². The van der Waals surface area contributed by atoms with Gasteiger partial charge in [0.2, 0.25) is 0 Å². The normalized spacial score (nSPS) is 15.1. The molecule has 2 rings (SSSR count). The van der Waals surface area contributed by atoms with Crippen molar-refractivity contribution in [2.75, 3.05) is 6.54 Å². The number of hydrogen-bond donors (Lipinski definition) is 1. The lowest BCUT2D eigenvalue weighted by Gasteiger charge is -2.21. The number of benzene rings is 1. The van der Waals surface area contributed by atoms with Gasteiger partial charge in [-0.15, -0.1) is 0 Å². The van der Waals surface area contributed by atoms with Crippen LogP contribution in [-0.4, -0.2) is 34.1 Å². The molecule has 1 aromatic rings. The van der Waals surface area contributed by atoms with Crippen molar-refractivity contribution in [2.45, 2.75) is 13.3 Å². The summed E-state index contributed by atoms with van der Waals surface area (Å²) in [4.78, 5) is 36.2. The Bertz CT molecular complexity index is 706. The highest BCUT2D eigenvalue weighted by atomic mass is 35.5. The lowest BCUT2D eigenvalue weighted by Crippen LogP contribution is -2.38. The van der Waals surface area contributed by atoms with E-state index in [9.17, 15) is 19.5 Å². The fourth-order valence-electron chi connectivity index (χ4n) is 2.05. The molecule has 1 aromatic carbocycles. The molecule has 0 spiro atoms. The summed E-state index contributed by atoms with van der Waals surface area (Å²) >= 11 is 5.72. The van der Waals surface area contributed by atoms with Crippen LogP contribution >= 0.6 is 11.6 Å². The molecule has 0 radical (unpaired) electrons. The number of ketones is 1. The first-order chi connectivity index (χ1) is 10.4. The zero-order chi connectivity index (χ0) is 16.3. The first-order valence-electron chi connectivity index (χ1n) is 6.63. The number of rotatable bonds is 3. The molecule has 1 N–H and O–H groups in total. The Morgan fingerprint density at radius 2 is 2.09 bits per heavy atom. The molecule has 0 unspecified atom stereocenters. The molecule has 1 aliphatic heterocycles. The van der Waals surface area contributed by atoms with Crippen LogP contribution in [0.2, 0.25) is 0 Å². The summed E-state index contributed by atoms with van der Waals surface area (Å²) in [5.41, 5.74) is 0.747. The molecule has 5 nitrogen and oxygen atoms in total. The van der Waals surface area contributed by atoms with Crippen LogP contribution in [0.5, 0.6) is 5.75 Å². The number of aromatic hydroxyl groups is 1. The number of imide groups is 1. The molecule has 0 bridgehead atoms. The number of halogens is 1. The van der Waals surface area contributed by atoms with E-state index in [4.69, 9.17) is 11.6 Å². The standard InChI is InChI=1S/C16H14ClNO4/c1-10(19)12-9-11(4-6-14(12)20)5-7-15(21)18-8-2-3-13(17)16(18)22/h3-7,9,20H,2,8H2,1H3/b7-5+. The third-order valence-corrected chi connectivity index (χ3v) is 3.53. The molecular formula is C16H14ClNO4. The first-order valence-corrected chi connectivity index (χ1v) is 7.01. The van der Waals surface area contributed by atoms with Gasteiger partial charge >= 0.3 is 0 Å². The smallest absolute Gasteiger partial charge is 0.271 e. The molecular weight excluding hydrogens is 306 g/mol. The molecule has 2 amide bonds. The van der Waals surface area contributed by atoms with Crippen LogP contribution < -0.4 is 0 Å². The Balaban J connectivity index is 2.17. The van der Waals surface area contributed by atoms with Crippen LogP contribution in [0.25, 0.3) is 6.08 Å². The summed E-state index contributed by atoms with van der Waals surface area (Å²) in [7, 11) is 0. The van der Waals surface area contributed by atoms with Crippen molar-refractivity contribution in [3.63, 3.8) is 0 Å². The van der Waals surface area contributed by atoms with E-state index in [0.29, 0.717) is 12.0 Å². The molecule has 0 atom stereocenters. The molecule has 0 aromatic heterocycles. The topological polar surface area (TPSA) is 74.7 Å². The second-order valence-corrected chi connectivity index (χ2v) is 5.21. The maximum atomic E-state index is 12.0. The second kappa shape index (κ2) is 6.58. The summed E-state index contributed by atoms with van der Waals surface area (Å²) < 4.78 is 0. The van der Waals surface area contributed by atoms with Gasteiger partial charge in [-0.2, -0.15) is 0 Å². The number of phenols is 1. The Kier molecular flexibility index (Phi) is 4.78. The fraction of sp³-hybridized carbons (Fsp3) is 0.188. The Labute approximate surface area is 132 Å². The number of hydrogen-bond acceptors (Lipinski definition) is 4. The van der Waals surface area contributed by atoms with Crippen molar-refractivity contribution in [3.8, 4) is 5.75 Å². The minimum Gasteiger partial charge on any atom is -0.507 e. The van der Waals surface area contributed by atoms with Gasteiger partial charge < -0.3 is 5.11 Å². The Morgan fingerprint density at radius 3 is 2.77 bits per heavy atom. The number of carbonyl (C=O) groups is 3. The van der Waals surface area contributed by atoms with E-state index in [1.54, 1.807) is 12.1 Å². The predicted molar refractivity (Wildman–Crippen MR) is 82.4 cm³/mol. The number of carbonyl (C=O) groups excluding carboxylic acids is 3. The van der Waals surface area contributed by atoms with Gasteiger partial charge in [0, 0.05) is 12.6 Å². The van der Waals surface area contributed by atoms with Crippen molar-refractivity contribution in [3.05, 3.63) is 46.5 Å². The number of phenolic OH excluding ortho intramolecular Hbond substituents is 1. The van der Waals surface area contributed by atoms with Crippen LogP contribution in [0.3, 0.4) is 0 Å². The van der Waals surface area contributed by atoms with E-state index in [1.807, 2.05) is 0 Å². The lowest BCUT2D eigenvalue weighted by molar-refractivity contribution is -0.139. The highest BCUT2D eigenvalue weighted by molar-refractivity contribution is 6.43. The van der Waals surface area contributed by atoms with Crippen molar-refractivity contribution < 1.29 is 19.5 Å². The molecule has 1 aliphatic rings. The number of nitrogens with zero attached hydrogens (tertiary/aromatic N) is 1. The summed E-state index contributed by atoms with van der Waals surface area (Å²) in [6.45, 7) is 1.63. The van der Waals surface area contributed by atoms with E-state index in [1.165, 1.54) is 31.2 Å². The molecule has 114 valence electrons. The van der Waals surface area contributed by atoms with Gasteiger partial charge in [-0.25, -0.2) is 0 Å². The Hall–Kier alpha value is -2.40. The van der Waals surface area contributed by atoms with Crippen molar-refractivity contribution in [1.82, 2.24) is 4.90 Å². The van der Waals surface area contributed by atoms with Crippen LogP contribution in [0.15, 0.2) is 35.4 Å². The van der Waals surface area contributed by atoms with E-state index < -0.39 is 11.8 Å². The summed E-state index contributed by atoms with van der Waals surface area (Å²) in [5, 5.41) is 9.60. The minimum atomic E-state index is -0.516. The lowest BCUT2D eigenvalue weighted by atomic mass is 10.1. The highest BCUT2D eigenvalue weighted by Gasteiger charge is 2.24. The summed E-state index contributed by atoms with van der Waals surface area (Å²) in [5.74, 6) is -1.38. The van der Waals surface area contributed by atoms with Crippen molar-refractivity contribution >= 4 is 35.3 Å². The average molecular weight is 320 g/mol. The largest absolute Gasteiger partial charge is 0.507 e. The zero-order valence-electron chi connectivity index (χ0n) is 11.9. The minimum absolute atomic E-state index is 0.0384. The third kappa shape index (κ3) is 3.43. The molecule has 0 aliphatic carbocycles. The molecule has 0 fully saturated rings. The van der Waals surface area contributed by atoms with Gasteiger partial charge in [-0.1, -0.05) is 23.7 Å². The molecule has 0 saturated carbocycles. The van der Waals surface area contributed by atoms with Gasteiger partial charge in [0.25, 0.3) is 11.8 Å². The molecule has 0 saturated heterocycles. The van der Waals surface area contributed by atoms with Gasteiger partial charge in [-0.3, -0.25) is 19.3 Å². The number of amides is 2. The summed E-state index contributed by atoms with van der Waals surface area (Å²) in [6.07, 6.45) is 4.83. The van der Waals surface area contributed by atoms with Gasteiger partial charge in [-0.05, 0) is 37.1 Å². The zero-order valence-corrected chi connectivity index (χ0v) is 12.6. The van der Waals surface area contributed by atoms with Crippen LogP contribution in [0.1, 0.15) is 29.3 Å². The van der Waals surface area contributed by atoms with Crippen LogP contribution in [0, 0.1) is 0 Å². The maximum absolute atomic E-state index is 12.0. The van der Waals surface area contributed by atoms with Crippen LogP contribution in [-0.2, 0) is 9.59 Å². The Morgan fingerprint density at radius 1 is 1.36 bits per heavy atom. The quantitative estimate of drug-likeness (QED) is 0.686. The van der Waals surface area contributed by atoms with E-state index >= 15 is 0 Å². The maximum Gasteiger partial charge on any atom is 0.271 e. The van der Waals surface area contributed by atoms with E-state index in [2.05, 4.69) is 0 Å². The summed E-state index contributed by atoms with van der Waals surface area (Å²) in [6, 6.07) is 4.43. The molecule has 1 heterocycles. The van der Waals surface area contributed by atoms with Crippen molar-refractivity contribution in [1.29, 1.82) is 0 Å². The first kappa shape index (κ1) is 16.0. The van der Waals surface area contributed by atoms with E-state index in [-0.39, 0.29) is 28.7 Å². The average Bonchev–Trinajstić information content (AvgIpc) is 2.48. The molecule has 6 heteroatoms. The van der Waals surface area contributed by atoms with Gasteiger partial charge in [0.05, 0.1) is 5.56 Å². The van der Waals surface area contributed by atoms with Crippen LogP contribution in [0.4, 0.5) is 0 Å². The predicted octanol–water partition coefficient (Wildman–Crippen LogP) is 2.49. The SMILES string of the molecule is CC(=O)c1cc(/C=C/C(=O)N2CCC=C(Cl)C2=O)ccc1O. The second-order valence-electron chi connectivity index (χ2n) is 4.80. The fourth-order valence-corrected chi connectivity index (χ4v) is 2.26. The highest BCUT2D eigenvalue weighted by Crippen LogP contribution is 2.20. The number of Topliss-reactive ketones (excluding diaryl/α,β-unsaturated/α-hetero) is 1. The van der Waals surface area contributed by atoms with Gasteiger partial charge in [0.15, 0.2) is 5.78 Å².